The molecule has 196 valence electrons. The van der Waals surface area contributed by atoms with Gasteiger partial charge in [-0.2, -0.15) is 0 Å². The number of aryl methyl sites for hydroxylation is 1. The Kier molecular flexibility index (Phi) is 6.96. The monoisotopic (exact) mass is 507 g/mol. The Morgan fingerprint density at radius 2 is 1.95 bits per heavy atom. The van der Waals surface area contributed by atoms with Crippen LogP contribution in [-0.4, -0.2) is 70.2 Å². The molecular weight excluding hydrogens is 470 g/mol. The van der Waals surface area contributed by atoms with Crippen molar-refractivity contribution in [2.24, 2.45) is 0 Å². The lowest BCUT2D eigenvalue weighted by Gasteiger charge is -2.35. The number of aromatic nitrogens is 4. The molecule has 6 rings (SSSR count). The topological polar surface area (TPSA) is 62.1 Å². The summed E-state index contributed by atoms with van der Waals surface area (Å²) < 4.78 is 2.32. The summed E-state index contributed by atoms with van der Waals surface area (Å²) in [6.45, 7) is 16.2. The van der Waals surface area contributed by atoms with Crippen LogP contribution in [0.1, 0.15) is 42.8 Å². The predicted octanol–water partition coefficient (Wildman–Crippen LogP) is 4.93. The van der Waals surface area contributed by atoms with E-state index in [1.807, 2.05) is 19.4 Å². The van der Waals surface area contributed by atoms with Gasteiger partial charge in [-0.1, -0.05) is 31.7 Å². The number of piperazine rings is 1. The molecule has 0 aliphatic carbocycles. The number of likely N-dealkylation sites (N-methyl/N-ethyl adjacent to an activating group) is 1. The van der Waals surface area contributed by atoms with Crippen LogP contribution in [0.5, 0.6) is 0 Å². The van der Waals surface area contributed by atoms with Gasteiger partial charge in [0.15, 0.2) is 0 Å². The van der Waals surface area contributed by atoms with Crippen molar-refractivity contribution in [3.63, 3.8) is 0 Å². The highest BCUT2D eigenvalue weighted by molar-refractivity contribution is 5.85. The first kappa shape index (κ1) is 24.8. The van der Waals surface area contributed by atoms with E-state index in [2.05, 4.69) is 80.6 Å². The fourth-order valence-electron chi connectivity index (χ4n) is 5.77. The van der Waals surface area contributed by atoms with Gasteiger partial charge in [-0.15, -0.1) is 0 Å². The van der Waals surface area contributed by atoms with Crippen molar-refractivity contribution in [1.29, 1.82) is 0 Å². The summed E-state index contributed by atoms with van der Waals surface area (Å²) in [4.78, 5) is 19.5. The summed E-state index contributed by atoms with van der Waals surface area (Å²) in [6, 6.07) is 15.5. The van der Waals surface area contributed by atoms with Crippen LogP contribution in [0.25, 0.3) is 27.9 Å². The largest absolute Gasteiger partial charge is 0.369 e. The Labute approximate surface area is 225 Å². The molecule has 38 heavy (non-hydrogen) atoms. The molecule has 4 aromatic rings. The summed E-state index contributed by atoms with van der Waals surface area (Å²) in [7, 11) is 0. The van der Waals surface area contributed by atoms with E-state index in [9.17, 15) is 0 Å². The van der Waals surface area contributed by atoms with E-state index in [1.165, 1.54) is 18.5 Å². The molecule has 0 saturated carbocycles. The van der Waals surface area contributed by atoms with E-state index >= 15 is 0 Å². The molecule has 0 spiro atoms. The second-order valence-electron chi connectivity index (χ2n) is 10.5. The van der Waals surface area contributed by atoms with Crippen LogP contribution in [-0.2, 0) is 0 Å². The van der Waals surface area contributed by atoms with Gasteiger partial charge in [0, 0.05) is 55.6 Å². The fraction of sp³-hybridized carbons (Fsp3) is 0.387. The first-order valence-corrected chi connectivity index (χ1v) is 13.9. The highest BCUT2D eigenvalue weighted by atomic mass is 15.3. The van der Waals surface area contributed by atoms with E-state index in [4.69, 9.17) is 9.97 Å². The highest BCUT2D eigenvalue weighted by Gasteiger charge is 2.19. The summed E-state index contributed by atoms with van der Waals surface area (Å²) >= 11 is 0. The molecule has 2 aromatic carbocycles. The predicted molar refractivity (Wildman–Crippen MR) is 156 cm³/mol. The van der Waals surface area contributed by atoms with Gasteiger partial charge in [0.2, 0.25) is 0 Å². The molecule has 2 aliphatic heterocycles. The zero-order chi connectivity index (χ0) is 26.1. The Morgan fingerprint density at radius 1 is 1.08 bits per heavy atom. The maximum absolute atomic E-state index is 5.09. The zero-order valence-electron chi connectivity index (χ0n) is 22.5. The minimum absolute atomic E-state index is 0.430. The quantitative estimate of drug-likeness (QED) is 0.399. The van der Waals surface area contributed by atoms with E-state index in [0.29, 0.717) is 6.04 Å². The van der Waals surface area contributed by atoms with Gasteiger partial charge >= 0.3 is 0 Å². The maximum Gasteiger partial charge on any atom is 0.0961 e. The van der Waals surface area contributed by atoms with Crippen molar-refractivity contribution < 1.29 is 0 Å². The number of imidazole rings is 1. The minimum Gasteiger partial charge on any atom is -0.369 e. The number of hydrogen-bond acceptors (Lipinski definition) is 6. The van der Waals surface area contributed by atoms with Gasteiger partial charge in [-0.25, -0.2) is 9.97 Å². The Hall–Kier alpha value is -3.55. The lowest BCUT2D eigenvalue weighted by Crippen LogP contribution is -2.46. The fourth-order valence-corrected chi connectivity index (χ4v) is 5.77. The van der Waals surface area contributed by atoms with Crippen molar-refractivity contribution in [2.45, 2.75) is 32.7 Å². The van der Waals surface area contributed by atoms with E-state index in [0.717, 1.165) is 90.6 Å². The van der Waals surface area contributed by atoms with Crippen molar-refractivity contribution in [1.82, 2.24) is 29.7 Å². The molecule has 1 atom stereocenters. The third-order valence-corrected chi connectivity index (χ3v) is 8.16. The van der Waals surface area contributed by atoms with Crippen LogP contribution in [0, 0.1) is 6.92 Å². The molecule has 2 fully saturated rings. The van der Waals surface area contributed by atoms with E-state index < -0.39 is 0 Å². The van der Waals surface area contributed by atoms with E-state index in [-0.39, 0.29) is 0 Å². The van der Waals surface area contributed by atoms with Crippen LogP contribution < -0.4 is 10.2 Å². The molecule has 0 radical (unpaired) electrons. The van der Waals surface area contributed by atoms with Gasteiger partial charge < -0.3 is 19.7 Å². The molecule has 2 aliphatic rings. The van der Waals surface area contributed by atoms with Gasteiger partial charge in [-0.3, -0.25) is 4.98 Å². The molecule has 1 N–H and O–H groups in total. The second-order valence-corrected chi connectivity index (χ2v) is 10.5. The van der Waals surface area contributed by atoms with Gasteiger partial charge in [0.25, 0.3) is 0 Å². The zero-order valence-corrected chi connectivity index (χ0v) is 22.5. The molecule has 0 bridgehead atoms. The number of benzene rings is 2. The van der Waals surface area contributed by atoms with E-state index in [1.54, 1.807) is 0 Å². The van der Waals surface area contributed by atoms with Crippen LogP contribution in [0.15, 0.2) is 61.6 Å². The molecule has 1 unspecified atom stereocenters. The molecule has 2 saturated heterocycles. The Balaban J connectivity index is 1.29. The average Bonchev–Trinajstić information content (AvgIpc) is 3.41. The molecule has 2 aromatic heterocycles. The van der Waals surface area contributed by atoms with Crippen LogP contribution in [0.3, 0.4) is 0 Å². The lowest BCUT2D eigenvalue weighted by molar-refractivity contribution is 0.271. The molecular formula is C31H37N7. The number of anilines is 1. The smallest absolute Gasteiger partial charge is 0.0961 e. The van der Waals surface area contributed by atoms with Gasteiger partial charge in [-0.05, 0) is 62.7 Å². The number of rotatable bonds is 6. The summed E-state index contributed by atoms with van der Waals surface area (Å²) in [5.41, 5.74) is 9.04. The van der Waals surface area contributed by atoms with Crippen molar-refractivity contribution in [3.05, 3.63) is 78.5 Å². The average molecular weight is 508 g/mol. The highest BCUT2D eigenvalue weighted by Crippen LogP contribution is 2.30. The molecule has 7 heteroatoms. The number of fused-ring (bicyclic) bond motifs is 1. The summed E-state index contributed by atoms with van der Waals surface area (Å²) in [5, 5.41) is 3.52. The van der Waals surface area contributed by atoms with Crippen molar-refractivity contribution in [3.8, 4) is 11.3 Å². The first-order chi connectivity index (χ1) is 18.6. The number of piperidine rings is 1. The van der Waals surface area contributed by atoms with Crippen LogP contribution in [0.4, 0.5) is 5.69 Å². The lowest BCUT2D eigenvalue weighted by atomic mass is 10.0. The Morgan fingerprint density at radius 3 is 2.74 bits per heavy atom. The van der Waals surface area contributed by atoms with Crippen LogP contribution >= 0.6 is 0 Å². The maximum atomic E-state index is 5.09. The summed E-state index contributed by atoms with van der Waals surface area (Å²) in [6.07, 6.45) is 6.22. The normalized spacial score (nSPS) is 18.7. The first-order valence-electron chi connectivity index (χ1n) is 13.9. The van der Waals surface area contributed by atoms with Gasteiger partial charge in [0.05, 0.1) is 40.6 Å². The SMILES string of the molecule is C=C(c1ccc2ncn(C3CCCNC3)c2c1)c1nc(-c2cccc(N3CCN(CC)CC3)c2)cnc1C. The third kappa shape index (κ3) is 4.84. The molecule has 7 nitrogen and oxygen atoms in total. The van der Waals surface area contributed by atoms with Gasteiger partial charge in [0.1, 0.15) is 0 Å². The number of nitrogens with one attached hydrogen (secondary N) is 1. The van der Waals surface area contributed by atoms with Crippen molar-refractivity contribution >= 4 is 22.3 Å². The summed E-state index contributed by atoms with van der Waals surface area (Å²) in [5.74, 6) is 0. The molecule has 0 amide bonds. The Bertz CT molecular complexity index is 1440. The standard InChI is InChI=1S/C31H37N7/c1-4-36-13-15-37(16-14-36)26-8-5-7-25(17-26)29-20-33-23(3)31(35-29)22(2)24-10-11-28-30(18-24)38(21-34-28)27-9-6-12-32-19-27/h5,7-8,10-11,17-18,20-21,27,32H,2,4,6,9,12-16,19H2,1,3H3. The minimum atomic E-state index is 0.430. The molecule has 4 heterocycles. The third-order valence-electron chi connectivity index (χ3n) is 8.16. The number of nitrogens with zero attached hydrogens (tertiary/aromatic N) is 6. The van der Waals surface area contributed by atoms with Crippen LogP contribution in [0.2, 0.25) is 0 Å². The van der Waals surface area contributed by atoms with Crippen molar-refractivity contribution in [2.75, 3.05) is 50.7 Å². The second kappa shape index (κ2) is 10.7. The number of hydrogen-bond donors (Lipinski definition) is 1.